The van der Waals surface area contributed by atoms with Gasteiger partial charge in [-0.05, 0) is 60.2 Å². The van der Waals surface area contributed by atoms with E-state index < -0.39 is 53.2 Å². The zero-order valence-corrected chi connectivity index (χ0v) is 29.2. The van der Waals surface area contributed by atoms with Crippen molar-refractivity contribution in [3.05, 3.63) is 168 Å². The minimum absolute atomic E-state index is 0.0122. The van der Waals surface area contributed by atoms with Gasteiger partial charge in [0.25, 0.3) is 0 Å². The van der Waals surface area contributed by atoms with E-state index in [9.17, 15) is 41.5 Å². The van der Waals surface area contributed by atoms with Gasteiger partial charge >= 0.3 is 29.8 Å². The molecule has 284 valence electrons. The highest BCUT2D eigenvalue weighted by Gasteiger charge is 2.19. The van der Waals surface area contributed by atoms with E-state index in [-0.39, 0.29) is 39.9 Å². The lowest BCUT2D eigenvalue weighted by atomic mass is 10.1. The first-order chi connectivity index (χ1) is 27.1. The summed E-state index contributed by atoms with van der Waals surface area (Å²) in [5.74, 6) is -1.78. The van der Waals surface area contributed by atoms with E-state index in [1.807, 2.05) is 0 Å². The topological polar surface area (TPSA) is 132 Å². The van der Waals surface area contributed by atoms with Crippen LogP contribution < -0.4 is 23.7 Å². The smallest absolute Gasteiger partial charge is 0.371 e. The maximum Gasteiger partial charge on any atom is 0.371 e. The molecule has 0 heterocycles. The summed E-state index contributed by atoms with van der Waals surface area (Å²) >= 11 is 0. The highest BCUT2D eigenvalue weighted by molar-refractivity contribution is 5.90. The monoisotopic (exact) mass is 776 g/mol. The van der Waals surface area contributed by atoms with Gasteiger partial charge in [-0.1, -0.05) is 68.2 Å². The Hall–Kier alpha value is -8.23. The van der Waals surface area contributed by atoms with E-state index in [1.165, 1.54) is 54.6 Å². The molecule has 0 radical (unpaired) electrons. The Morgan fingerprint density at radius 3 is 1.33 bits per heavy atom. The molecule has 4 aromatic rings. The number of benzene rings is 4. The van der Waals surface area contributed by atoms with Crippen molar-refractivity contribution in [2.75, 3.05) is 0 Å². The van der Waals surface area contributed by atoms with Gasteiger partial charge in [0, 0.05) is 35.4 Å². The molecule has 0 amide bonds. The molecule has 14 heteroatoms. The first kappa shape index (κ1) is 41.5. The van der Waals surface area contributed by atoms with Crippen molar-refractivity contribution in [2.24, 2.45) is 0 Å². The fourth-order valence-corrected chi connectivity index (χ4v) is 4.04. The molecule has 0 saturated heterocycles. The Balaban J connectivity index is 1.59. The van der Waals surface area contributed by atoms with E-state index in [2.05, 4.69) is 50.0 Å². The Morgan fingerprint density at radius 1 is 0.474 bits per heavy atom. The molecule has 0 aliphatic rings. The van der Waals surface area contributed by atoms with Gasteiger partial charge in [0.15, 0.2) is 0 Å². The molecule has 0 aliphatic heterocycles. The van der Waals surface area contributed by atoms with Crippen LogP contribution in [0.5, 0.6) is 28.7 Å². The minimum atomic E-state index is -1.48. The Kier molecular flexibility index (Phi) is 14.0. The molecule has 0 bridgehead atoms. The van der Waals surface area contributed by atoms with E-state index in [4.69, 9.17) is 23.7 Å². The van der Waals surface area contributed by atoms with Crippen LogP contribution in [-0.4, -0.2) is 29.8 Å². The molecule has 0 atom stereocenters. The third-order valence-corrected chi connectivity index (χ3v) is 6.68. The predicted octanol–water partition coefficient (Wildman–Crippen LogP) is 7.66. The van der Waals surface area contributed by atoms with Crippen LogP contribution in [0.1, 0.15) is 27.8 Å². The molecule has 0 saturated carbocycles. The number of rotatable bonds is 11. The molecular formula is C43H24F4O10. The van der Waals surface area contributed by atoms with Crippen LogP contribution in [0.2, 0.25) is 0 Å². The van der Waals surface area contributed by atoms with Gasteiger partial charge in [0.1, 0.15) is 28.7 Å². The first-order valence-corrected chi connectivity index (χ1v) is 15.8. The molecule has 0 spiro atoms. The zero-order chi connectivity index (χ0) is 41.6. The number of ether oxygens (including phenoxy) is 5. The second-order valence-electron chi connectivity index (χ2n) is 10.9. The maximum absolute atomic E-state index is 13.7. The largest absolute Gasteiger partial charge is 0.423 e. The molecule has 0 fully saturated rings. The van der Waals surface area contributed by atoms with Gasteiger partial charge in [-0.3, -0.25) is 0 Å². The standard InChI is InChI=1S/C43H24F4O10/c1-25(44)40(49)54-34-19-14-31(15-20-34)13-18-33-23-37(56-42(51)27(3)46)32(22-38(33)57-43(52)28(4)47)17-12-29-8-10-30(11-9-29)16-21-39(48)53-35-6-5-7-36(24-35)55-41(50)26(2)45/h5-11,14-16,19-24H,1-4H2/b21-16+. The fourth-order valence-electron chi connectivity index (χ4n) is 4.04. The SMILES string of the molecule is C=C(F)C(=O)Oc1ccc(C#Cc2cc(OC(=O)C(=C)F)c(C#Cc3ccc(/C=C/C(=O)Oc4cccc(OC(=O)C(=C)F)c4)cc3)cc2OC(=O)C(=C)F)cc1. The average Bonchev–Trinajstić information content (AvgIpc) is 3.17. The predicted molar refractivity (Wildman–Crippen MR) is 196 cm³/mol. The zero-order valence-electron chi connectivity index (χ0n) is 29.2. The van der Waals surface area contributed by atoms with Crippen molar-refractivity contribution in [3.8, 4) is 52.4 Å². The van der Waals surface area contributed by atoms with Gasteiger partial charge in [0.05, 0.1) is 11.1 Å². The van der Waals surface area contributed by atoms with Crippen molar-refractivity contribution < 1.29 is 65.2 Å². The summed E-state index contributed by atoms with van der Waals surface area (Å²) in [6.07, 6.45) is 2.53. The lowest BCUT2D eigenvalue weighted by Crippen LogP contribution is -2.11. The van der Waals surface area contributed by atoms with E-state index in [1.54, 1.807) is 24.3 Å². The number of hydrogen-bond donors (Lipinski definition) is 0. The van der Waals surface area contributed by atoms with Crippen LogP contribution in [0.3, 0.4) is 0 Å². The van der Waals surface area contributed by atoms with Crippen LogP contribution in [0.4, 0.5) is 17.6 Å². The number of hydrogen-bond acceptors (Lipinski definition) is 10. The minimum Gasteiger partial charge on any atom is -0.423 e. The van der Waals surface area contributed by atoms with Crippen LogP contribution >= 0.6 is 0 Å². The number of esters is 5. The molecule has 0 aliphatic carbocycles. The number of halogens is 4. The summed E-state index contributed by atoms with van der Waals surface area (Å²) in [7, 11) is 0. The average molecular weight is 777 g/mol. The normalized spacial score (nSPS) is 10.0. The molecule has 0 unspecified atom stereocenters. The van der Waals surface area contributed by atoms with E-state index in [0.29, 0.717) is 16.7 Å². The van der Waals surface area contributed by atoms with Crippen LogP contribution in [0, 0.1) is 23.7 Å². The van der Waals surface area contributed by atoms with Crippen molar-refractivity contribution in [1.29, 1.82) is 0 Å². The summed E-state index contributed by atoms with van der Waals surface area (Å²) in [6.45, 7) is 11.5. The molecule has 4 aromatic carbocycles. The first-order valence-electron chi connectivity index (χ1n) is 15.8. The molecule has 4 rings (SSSR count). The van der Waals surface area contributed by atoms with Crippen LogP contribution in [0.15, 0.2) is 141 Å². The number of carbonyl (C=O) groups excluding carboxylic acids is 5. The maximum atomic E-state index is 13.7. The Labute approximate surface area is 321 Å². The van der Waals surface area contributed by atoms with Gasteiger partial charge in [-0.2, -0.15) is 17.6 Å². The van der Waals surface area contributed by atoms with E-state index in [0.717, 1.165) is 18.2 Å². The summed E-state index contributed by atoms with van der Waals surface area (Å²) in [6, 6.07) is 19.2. The lowest BCUT2D eigenvalue weighted by molar-refractivity contribution is -0.132. The van der Waals surface area contributed by atoms with Crippen molar-refractivity contribution >= 4 is 35.9 Å². The highest BCUT2D eigenvalue weighted by Crippen LogP contribution is 2.30. The summed E-state index contributed by atoms with van der Waals surface area (Å²) in [4.78, 5) is 59.5. The third-order valence-electron chi connectivity index (χ3n) is 6.68. The van der Waals surface area contributed by atoms with E-state index >= 15 is 0 Å². The quantitative estimate of drug-likeness (QED) is 0.0492. The Bertz CT molecular complexity index is 2490. The molecule has 0 aromatic heterocycles. The van der Waals surface area contributed by atoms with Crippen molar-refractivity contribution in [1.82, 2.24) is 0 Å². The lowest BCUT2D eigenvalue weighted by Gasteiger charge is -2.11. The molecule has 57 heavy (non-hydrogen) atoms. The summed E-state index contributed by atoms with van der Waals surface area (Å²) in [5, 5.41) is 0. The highest BCUT2D eigenvalue weighted by atomic mass is 19.1. The van der Waals surface area contributed by atoms with Crippen molar-refractivity contribution in [3.63, 3.8) is 0 Å². The Morgan fingerprint density at radius 2 is 0.877 bits per heavy atom. The summed E-state index contributed by atoms with van der Waals surface area (Å²) in [5.41, 5.74) is 0.924. The molecule has 0 N–H and O–H groups in total. The van der Waals surface area contributed by atoms with Gasteiger partial charge in [-0.15, -0.1) is 0 Å². The second kappa shape index (κ2) is 19.2. The summed E-state index contributed by atoms with van der Waals surface area (Å²) < 4.78 is 78.2. The van der Waals surface area contributed by atoms with Crippen molar-refractivity contribution in [2.45, 2.75) is 0 Å². The molecular weight excluding hydrogens is 752 g/mol. The van der Waals surface area contributed by atoms with Gasteiger partial charge in [0.2, 0.25) is 23.3 Å². The fraction of sp³-hybridized carbons (Fsp3) is 0. The number of carbonyl (C=O) groups is 5. The third kappa shape index (κ3) is 12.7. The van der Waals surface area contributed by atoms with Crippen LogP contribution in [-0.2, 0) is 24.0 Å². The van der Waals surface area contributed by atoms with Crippen LogP contribution in [0.25, 0.3) is 6.08 Å². The second-order valence-corrected chi connectivity index (χ2v) is 10.9. The van der Waals surface area contributed by atoms with Gasteiger partial charge < -0.3 is 23.7 Å². The van der Waals surface area contributed by atoms with Gasteiger partial charge in [-0.25, -0.2) is 24.0 Å². The molecule has 10 nitrogen and oxygen atoms in total.